The van der Waals surface area contributed by atoms with Gasteiger partial charge >= 0.3 is 6.18 Å². The number of rotatable bonds is 3. The first-order valence-corrected chi connectivity index (χ1v) is 6.57. The Labute approximate surface area is 122 Å². The van der Waals surface area contributed by atoms with E-state index in [1.807, 2.05) is 24.3 Å². The molecule has 0 N–H and O–H groups in total. The van der Waals surface area contributed by atoms with Crippen LogP contribution in [-0.4, -0.2) is 0 Å². The monoisotopic (exact) mass is 378 g/mol. The van der Waals surface area contributed by atoms with Crippen LogP contribution in [-0.2, 0) is 12.8 Å². The zero-order chi connectivity index (χ0) is 13.9. The molecule has 2 aromatic rings. The fraction of sp³-hybridized carbons (Fsp3) is 0.143. The van der Waals surface area contributed by atoms with Crippen molar-refractivity contribution in [2.75, 3.05) is 0 Å². The number of ether oxygens (including phenoxy) is 1. The van der Waals surface area contributed by atoms with E-state index in [1.165, 1.54) is 12.1 Å². The van der Waals surface area contributed by atoms with Crippen LogP contribution in [0.1, 0.15) is 11.1 Å². The maximum atomic E-state index is 12.5. The van der Waals surface area contributed by atoms with Crippen LogP contribution < -0.4 is 4.74 Å². The molecule has 0 saturated heterocycles. The largest absolute Gasteiger partial charge is 0.489 e. The van der Waals surface area contributed by atoms with Crippen molar-refractivity contribution in [1.29, 1.82) is 0 Å². The van der Waals surface area contributed by atoms with Gasteiger partial charge in [0.05, 0.1) is 5.56 Å². The molecule has 0 saturated carbocycles. The summed E-state index contributed by atoms with van der Waals surface area (Å²) in [5.41, 5.74) is 0.219. The van der Waals surface area contributed by atoms with Crippen molar-refractivity contribution in [2.24, 2.45) is 0 Å². The Morgan fingerprint density at radius 1 is 1.00 bits per heavy atom. The Morgan fingerprint density at radius 2 is 1.74 bits per heavy atom. The molecule has 5 heteroatoms. The van der Waals surface area contributed by atoms with E-state index in [0.29, 0.717) is 0 Å². The van der Waals surface area contributed by atoms with Gasteiger partial charge in [-0.3, -0.25) is 0 Å². The van der Waals surface area contributed by atoms with Gasteiger partial charge in [-0.1, -0.05) is 18.2 Å². The summed E-state index contributed by atoms with van der Waals surface area (Å²) in [5.74, 6) is 0.216. The van der Waals surface area contributed by atoms with Gasteiger partial charge in [0, 0.05) is 3.57 Å². The number of benzene rings is 2. The molecule has 100 valence electrons. The standard InChI is InChI=1S/C14H10F3IO/c15-14(16,17)11-4-2-6-13(8-11)19-9-10-3-1-5-12(18)7-10/h1-8H,9H2. The molecule has 0 aliphatic heterocycles. The van der Waals surface area contributed by atoms with Gasteiger partial charge in [0.25, 0.3) is 0 Å². The van der Waals surface area contributed by atoms with Crippen LogP contribution in [0.25, 0.3) is 0 Å². The molecular formula is C14H10F3IO. The molecule has 19 heavy (non-hydrogen) atoms. The summed E-state index contributed by atoms with van der Waals surface area (Å²) in [6.45, 7) is 0.248. The minimum atomic E-state index is -4.35. The van der Waals surface area contributed by atoms with Crippen LogP contribution in [0.3, 0.4) is 0 Å². The van der Waals surface area contributed by atoms with E-state index >= 15 is 0 Å². The second-order valence-electron chi connectivity index (χ2n) is 3.94. The van der Waals surface area contributed by atoms with E-state index in [0.717, 1.165) is 21.3 Å². The minimum Gasteiger partial charge on any atom is -0.489 e. The maximum Gasteiger partial charge on any atom is 0.416 e. The lowest BCUT2D eigenvalue weighted by molar-refractivity contribution is -0.137. The first-order chi connectivity index (χ1) is 8.95. The molecule has 0 unspecified atom stereocenters. The quantitative estimate of drug-likeness (QED) is 0.692. The van der Waals surface area contributed by atoms with Gasteiger partial charge in [0.2, 0.25) is 0 Å². The highest BCUT2D eigenvalue weighted by Gasteiger charge is 2.30. The maximum absolute atomic E-state index is 12.5. The Bertz CT molecular complexity index is 567. The second-order valence-corrected chi connectivity index (χ2v) is 5.19. The normalized spacial score (nSPS) is 11.4. The average Bonchev–Trinajstić information content (AvgIpc) is 2.36. The minimum absolute atomic E-state index is 0.216. The van der Waals surface area contributed by atoms with Crippen molar-refractivity contribution in [3.05, 3.63) is 63.2 Å². The van der Waals surface area contributed by atoms with Crippen LogP contribution in [0, 0.1) is 3.57 Å². The SMILES string of the molecule is FC(F)(F)c1cccc(OCc2cccc(I)c2)c1. The van der Waals surface area contributed by atoms with Crippen molar-refractivity contribution in [3.63, 3.8) is 0 Å². The molecule has 2 aromatic carbocycles. The zero-order valence-corrected chi connectivity index (χ0v) is 11.9. The summed E-state index contributed by atoms with van der Waals surface area (Å²) in [6.07, 6.45) is -4.35. The summed E-state index contributed by atoms with van der Waals surface area (Å²) < 4.78 is 44.0. The molecule has 2 rings (SSSR count). The molecule has 0 amide bonds. The summed E-state index contributed by atoms with van der Waals surface area (Å²) in [7, 11) is 0. The average molecular weight is 378 g/mol. The Balaban J connectivity index is 2.08. The van der Waals surface area contributed by atoms with Crippen LogP contribution in [0.5, 0.6) is 5.75 Å². The third-order valence-electron chi connectivity index (χ3n) is 2.46. The lowest BCUT2D eigenvalue weighted by Crippen LogP contribution is -2.05. The van der Waals surface area contributed by atoms with E-state index in [2.05, 4.69) is 22.6 Å². The van der Waals surface area contributed by atoms with E-state index < -0.39 is 11.7 Å². The number of halogens is 4. The fourth-order valence-electron chi connectivity index (χ4n) is 1.56. The van der Waals surface area contributed by atoms with Gasteiger partial charge in [-0.2, -0.15) is 13.2 Å². The zero-order valence-electron chi connectivity index (χ0n) is 9.75. The molecule has 0 heterocycles. The Morgan fingerprint density at radius 3 is 2.42 bits per heavy atom. The summed E-state index contributed by atoms with van der Waals surface area (Å²) in [6, 6.07) is 12.5. The van der Waals surface area contributed by atoms with Crippen LogP contribution in [0.4, 0.5) is 13.2 Å². The van der Waals surface area contributed by atoms with Crippen LogP contribution in [0.15, 0.2) is 48.5 Å². The predicted molar refractivity (Wildman–Crippen MR) is 74.9 cm³/mol. The van der Waals surface area contributed by atoms with Gasteiger partial charge in [0.1, 0.15) is 12.4 Å². The highest BCUT2D eigenvalue weighted by molar-refractivity contribution is 14.1. The number of alkyl halides is 3. The van der Waals surface area contributed by atoms with Crippen molar-refractivity contribution in [1.82, 2.24) is 0 Å². The first-order valence-electron chi connectivity index (χ1n) is 5.50. The van der Waals surface area contributed by atoms with Crippen molar-refractivity contribution >= 4 is 22.6 Å². The van der Waals surface area contributed by atoms with E-state index in [1.54, 1.807) is 0 Å². The third-order valence-corrected chi connectivity index (χ3v) is 3.13. The Hall–Kier alpha value is -1.24. The molecule has 1 nitrogen and oxygen atoms in total. The molecule has 0 fully saturated rings. The number of hydrogen-bond acceptors (Lipinski definition) is 1. The van der Waals surface area contributed by atoms with Crippen LogP contribution in [0.2, 0.25) is 0 Å². The summed E-state index contributed by atoms with van der Waals surface area (Å²) >= 11 is 2.17. The molecular weight excluding hydrogens is 368 g/mol. The molecule has 0 aliphatic rings. The molecule has 0 aliphatic carbocycles. The van der Waals surface area contributed by atoms with Gasteiger partial charge in [-0.25, -0.2) is 0 Å². The smallest absolute Gasteiger partial charge is 0.416 e. The van der Waals surface area contributed by atoms with Crippen molar-refractivity contribution in [2.45, 2.75) is 12.8 Å². The van der Waals surface area contributed by atoms with E-state index in [9.17, 15) is 13.2 Å². The van der Waals surface area contributed by atoms with E-state index in [-0.39, 0.29) is 12.4 Å². The summed E-state index contributed by atoms with van der Waals surface area (Å²) in [5, 5.41) is 0. The number of hydrogen-bond donors (Lipinski definition) is 0. The summed E-state index contributed by atoms with van der Waals surface area (Å²) in [4.78, 5) is 0. The second kappa shape index (κ2) is 5.81. The van der Waals surface area contributed by atoms with Gasteiger partial charge in [0.15, 0.2) is 0 Å². The van der Waals surface area contributed by atoms with Gasteiger partial charge in [-0.15, -0.1) is 0 Å². The predicted octanol–water partition coefficient (Wildman–Crippen LogP) is 4.89. The highest BCUT2D eigenvalue weighted by Crippen LogP contribution is 2.31. The Kier molecular flexibility index (Phi) is 4.34. The van der Waals surface area contributed by atoms with Crippen molar-refractivity contribution in [3.8, 4) is 5.75 Å². The fourth-order valence-corrected chi connectivity index (χ4v) is 2.16. The first kappa shape index (κ1) is 14.2. The van der Waals surface area contributed by atoms with Crippen molar-refractivity contribution < 1.29 is 17.9 Å². The molecule has 0 aromatic heterocycles. The molecule has 0 spiro atoms. The third kappa shape index (κ3) is 4.12. The topological polar surface area (TPSA) is 9.23 Å². The molecule has 0 atom stereocenters. The lowest BCUT2D eigenvalue weighted by atomic mass is 10.2. The van der Waals surface area contributed by atoms with E-state index in [4.69, 9.17) is 4.74 Å². The molecule has 0 radical (unpaired) electrons. The van der Waals surface area contributed by atoms with Crippen LogP contribution >= 0.6 is 22.6 Å². The van der Waals surface area contributed by atoms with Gasteiger partial charge < -0.3 is 4.74 Å². The highest BCUT2D eigenvalue weighted by atomic mass is 127. The molecule has 0 bridgehead atoms. The lowest BCUT2D eigenvalue weighted by Gasteiger charge is -2.10. The van der Waals surface area contributed by atoms with Gasteiger partial charge in [-0.05, 0) is 58.5 Å².